The Balaban J connectivity index is 0.00000144. The predicted octanol–water partition coefficient (Wildman–Crippen LogP) is 2.56. The summed E-state index contributed by atoms with van der Waals surface area (Å²) in [5.74, 6) is 0.559. The Labute approximate surface area is 126 Å². The van der Waals surface area contributed by atoms with Crippen LogP contribution in [0.25, 0.3) is 0 Å². The summed E-state index contributed by atoms with van der Waals surface area (Å²) < 4.78 is 0. The van der Waals surface area contributed by atoms with Gasteiger partial charge in [0, 0.05) is 44.5 Å². The second-order valence-corrected chi connectivity index (χ2v) is 5.61. The summed E-state index contributed by atoms with van der Waals surface area (Å²) in [7, 11) is 0. The topological polar surface area (TPSA) is 28.2 Å². The first-order valence-corrected chi connectivity index (χ1v) is 7.01. The van der Waals surface area contributed by atoms with Gasteiger partial charge in [-0.05, 0) is 5.92 Å². The highest BCUT2D eigenvalue weighted by molar-refractivity contribution is 7.09. The van der Waals surface area contributed by atoms with Crippen LogP contribution in [0.2, 0.25) is 0 Å². The van der Waals surface area contributed by atoms with Gasteiger partial charge in [0.1, 0.15) is 0 Å². The highest BCUT2D eigenvalue weighted by atomic mass is 35.5. The summed E-state index contributed by atoms with van der Waals surface area (Å²) in [5.41, 5.74) is 1.25. The monoisotopic (exact) mass is 311 g/mol. The number of aromatic nitrogens is 1. The fourth-order valence-corrected chi connectivity index (χ4v) is 2.84. The van der Waals surface area contributed by atoms with Gasteiger partial charge >= 0.3 is 0 Å². The Kier molecular flexibility index (Phi) is 9.17. The molecule has 2 heterocycles. The van der Waals surface area contributed by atoms with Crippen molar-refractivity contribution in [2.24, 2.45) is 0 Å². The molecule has 3 nitrogen and oxygen atoms in total. The number of halogens is 2. The smallest absolute Gasteiger partial charge is 0.0941 e. The number of thiazole rings is 1. The van der Waals surface area contributed by atoms with Crippen LogP contribution in [0, 0.1) is 0 Å². The molecule has 0 radical (unpaired) electrons. The lowest BCUT2D eigenvalue weighted by atomic mass is 10.2. The highest BCUT2D eigenvalue weighted by Gasteiger charge is 2.11. The molecule has 1 aliphatic rings. The molecule has 0 aromatic carbocycles. The van der Waals surface area contributed by atoms with Crippen LogP contribution in [0.1, 0.15) is 30.5 Å². The zero-order chi connectivity index (χ0) is 11.4. The number of piperazine rings is 1. The maximum absolute atomic E-state index is 4.67. The predicted molar refractivity (Wildman–Crippen MR) is 83.7 cm³/mol. The van der Waals surface area contributed by atoms with Crippen LogP contribution in [-0.2, 0) is 6.42 Å². The van der Waals surface area contributed by atoms with Crippen LogP contribution < -0.4 is 5.32 Å². The molecular formula is C12H23Cl2N3S. The van der Waals surface area contributed by atoms with Crippen molar-refractivity contribution in [1.29, 1.82) is 0 Å². The lowest BCUT2D eigenvalue weighted by molar-refractivity contribution is 0.244. The standard InChI is InChI=1S/C12H21N3S.2ClH/c1-10(2)11-9-16-12(14-11)3-6-15-7-4-13-5-8-15;;/h9-10,13H,3-8H2,1-2H3;2*1H. The molecule has 0 aliphatic carbocycles. The molecule has 1 N–H and O–H groups in total. The highest BCUT2D eigenvalue weighted by Crippen LogP contribution is 2.18. The van der Waals surface area contributed by atoms with Gasteiger partial charge in [0.25, 0.3) is 0 Å². The summed E-state index contributed by atoms with van der Waals surface area (Å²) in [5, 5.41) is 6.88. The molecule has 0 amide bonds. The molecule has 0 atom stereocenters. The minimum absolute atomic E-state index is 0. The molecular weight excluding hydrogens is 289 g/mol. The normalized spacial score (nSPS) is 16.2. The first-order valence-electron chi connectivity index (χ1n) is 6.13. The third kappa shape index (κ3) is 5.41. The second kappa shape index (κ2) is 9.10. The molecule has 0 bridgehead atoms. The van der Waals surface area contributed by atoms with Gasteiger partial charge in [0.15, 0.2) is 0 Å². The molecule has 0 spiro atoms. The summed E-state index contributed by atoms with van der Waals surface area (Å²) in [4.78, 5) is 7.19. The molecule has 1 aliphatic heterocycles. The van der Waals surface area contributed by atoms with Crippen LogP contribution in [0.5, 0.6) is 0 Å². The minimum atomic E-state index is 0. The average Bonchev–Trinajstić information content (AvgIpc) is 2.76. The van der Waals surface area contributed by atoms with E-state index in [1.54, 1.807) is 0 Å². The van der Waals surface area contributed by atoms with Crippen molar-refractivity contribution in [1.82, 2.24) is 15.2 Å². The van der Waals surface area contributed by atoms with Crippen molar-refractivity contribution in [3.63, 3.8) is 0 Å². The summed E-state index contributed by atoms with van der Waals surface area (Å²) in [6, 6.07) is 0. The van der Waals surface area contributed by atoms with Gasteiger partial charge < -0.3 is 10.2 Å². The van der Waals surface area contributed by atoms with Gasteiger partial charge in [0.2, 0.25) is 0 Å². The Bertz CT molecular complexity index is 325. The maximum Gasteiger partial charge on any atom is 0.0941 e. The number of rotatable bonds is 4. The van der Waals surface area contributed by atoms with Crippen molar-refractivity contribution in [2.45, 2.75) is 26.2 Å². The molecule has 1 aromatic rings. The summed E-state index contributed by atoms with van der Waals surface area (Å²) >= 11 is 1.81. The van der Waals surface area contributed by atoms with Gasteiger partial charge in [-0.15, -0.1) is 36.2 Å². The van der Waals surface area contributed by atoms with E-state index in [1.165, 1.54) is 23.8 Å². The lowest BCUT2D eigenvalue weighted by Crippen LogP contribution is -2.44. The average molecular weight is 312 g/mol. The molecule has 2 rings (SSSR count). The maximum atomic E-state index is 4.67. The van der Waals surface area contributed by atoms with E-state index in [9.17, 15) is 0 Å². The van der Waals surface area contributed by atoms with Gasteiger partial charge in [-0.1, -0.05) is 13.8 Å². The van der Waals surface area contributed by atoms with E-state index < -0.39 is 0 Å². The molecule has 0 unspecified atom stereocenters. The van der Waals surface area contributed by atoms with E-state index in [0.717, 1.165) is 26.1 Å². The second-order valence-electron chi connectivity index (χ2n) is 4.66. The fourth-order valence-electron chi connectivity index (χ4n) is 1.89. The van der Waals surface area contributed by atoms with Gasteiger partial charge in [-0.3, -0.25) is 0 Å². The molecule has 106 valence electrons. The zero-order valence-corrected chi connectivity index (χ0v) is 13.5. The van der Waals surface area contributed by atoms with Crippen LogP contribution in [0.3, 0.4) is 0 Å². The Morgan fingerprint density at radius 1 is 1.33 bits per heavy atom. The van der Waals surface area contributed by atoms with Crippen LogP contribution in [0.15, 0.2) is 5.38 Å². The fraction of sp³-hybridized carbons (Fsp3) is 0.750. The number of nitrogens with one attached hydrogen (secondary N) is 1. The van der Waals surface area contributed by atoms with E-state index in [1.807, 2.05) is 11.3 Å². The van der Waals surface area contributed by atoms with Crippen LogP contribution in [-0.4, -0.2) is 42.6 Å². The minimum Gasteiger partial charge on any atom is -0.314 e. The quantitative estimate of drug-likeness (QED) is 0.926. The third-order valence-electron chi connectivity index (χ3n) is 3.01. The Morgan fingerprint density at radius 2 is 2.00 bits per heavy atom. The van der Waals surface area contributed by atoms with E-state index in [2.05, 4.69) is 34.4 Å². The zero-order valence-electron chi connectivity index (χ0n) is 11.0. The largest absolute Gasteiger partial charge is 0.314 e. The lowest BCUT2D eigenvalue weighted by Gasteiger charge is -2.26. The first-order chi connectivity index (χ1) is 7.75. The molecule has 0 saturated carbocycles. The number of nitrogens with zero attached hydrogens (tertiary/aromatic N) is 2. The molecule has 6 heteroatoms. The third-order valence-corrected chi connectivity index (χ3v) is 3.94. The summed E-state index contributed by atoms with van der Waals surface area (Å²) in [6.07, 6.45) is 1.11. The van der Waals surface area contributed by atoms with E-state index >= 15 is 0 Å². The van der Waals surface area contributed by atoms with E-state index in [0.29, 0.717) is 5.92 Å². The summed E-state index contributed by atoms with van der Waals surface area (Å²) in [6.45, 7) is 10.2. The van der Waals surface area contributed by atoms with Crippen molar-refractivity contribution >= 4 is 36.2 Å². The van der Waals surface area contributed by atoms with Crippen molar-refractivity contribution in [2.75, 3.05) is 32.7 Å². The van der Waals surface area contributed by atoms with Gasteiger partial charge in [-0.25, -0.2) is 4.98 Å². The molecule has 1 aromatic heterocycles. The molecule has 1 saturated heterocycles. The molecule has 18 heavy (non-hydrogen) atoms. The van der Waals surface area contributed by atoms with Crippen molar-refractivity contribution < 1.29 is 0 Å². The van der Waals surface area contributed by atoms with Gasteiger partial charge in [0.05, 0.1) is 10.7 Å². The first kappa shape index (κ1) is 18.1. The van der Waals surface area contributed by atoms with E-state index in [-0.39, 0.29) is 24.8 Å². The van der Waals surface area contributed by atoms with Crippen LogP contribution in [0.4, 0.5) is 0 Å². The SMILES string of the molecule is CC(C)c1csc(CCN2CCNCC2)n1.Cl.Cl. The molecule has 1 fully saturated rings. The number of hydrogen-bond donors (Lipinski definition) is 1. The van der Waals surface area contributed by atoms with Crippen molar-refractivity contribution in [3.05, 3.63) is 16.1 Å². The number of hydrogen-bond acceptors (Lipinski definition) is 4. The van der Waals surface area contributed by atoms with Crippen molar-refractivity contribution in [3.8, 4) is 0 Å². The van der Waals surface area contributed by atoms with Gasteiger partial charge in [-0.2, -0.15) is 0 Å². The Hall–Kier alpha value is 0.130. The van der Waals surface area contributed by atoms with Crippen LogP contribution >= 0.6 is 36.2 Å². The van der Waals surface area contributed by atoms with E-state index in [4.69, 9.17) is 0 Å². The Morgan fingerprint density at radius 3 is 2.56 bits per heavy atom.